The van der Waals surface area contributed by atoms with Gasteiger partial charge in [0.15, 0.2) is 0 Å². The lowest BCUT2D eigenvalue weighted by atomic mass is 10.1. The van der Waals surface area contributed by atoms with E-state index in [9.17, 15) is 8.42 Å². The van der Waals surface area contributed by atoms with Gasteiger partial charge >= 0.3 is 0 Å². The van der Waals surface area contributed by atoms with Crippen LogP contribution in [0.5, 0.6) is 0 Å². The summed E-state index contributed by atoms with van der Waals surface area (Å²) < 4.78 is 32.2. The molecule has 0 amide bonds. The van der Waals surface area contributed by atoms with Crippen molar-refractivity contribution in [2.75, 3.05) is 18.8 Å². The summed E-state index contributed by atoms with van der Waals surface area (Å²) in [6.45, 7) is 6.30. The first kappa shape index (κ1) is 14.2. The number of nitrogens with two attached hydrogens (primary N) is 1. The molecule has 0 bridgehead atoms. The second-order valence-electron chi connectivity index (χ2n) is 5.40. The summed E-state index contributed by atoms with van der Waals surface area (Å²) in [6.07, 6.45) is 1.15. The number of ether oxygens (including phenoxy) is 1. The van der Waals surface area contributed by atoms with Gasteiger partial charge in [0.25, 0.3) is 0 Å². The van der Waals surface area contributed by atoms with Crippen molar-refractivity contribution in [2.45, 2.75) is 37.4 Å². The summed E-state index contributed by atoms with van der Waals surface area (Å²) in [5.74, 6) is 0.301. The molecule has 0 aromatic carbocycles. The van der Waals surface area contributed by atoms with Crippen molar-refractivity contribution in [3.63, 3.8) is 0 Å². The lowest BCUT2D eigenvalue weighted by Gasteiger charge is -2.40. The summed E-state index contributed by atoms with van der Waals surface area (Å²) in [4.78, 5) is 4.00. The molecule has 2 N–H and O–H groups in total. The van der Waals surface area contributed by atoms with Crippen LogP contribution in [0.15, 0.2) is 23.2 Å². The molecule has 19 heavy (non-hydrogen) atoms. The predicted molar refractivity (Wildman–Crippen MR) is 72.0 cm³/mol. The first-order valence-electron chi connectivity index (χ1n) is 6.10. The van der Waals surface area contributed by atoms with Crippen molar-refractivity contribution < 1.29 is 13.2 Å². The molecule has 1 aliphatic rings. The van der Waals surface area contributed by atoms with Crippen LogP contribution in [-0.4, -0.2) is 42.5 Å². The van der Waals surface area contributed by atoms with E-state index in [4.69, 9.17) is 10.5 Å². The number of aromatic nitrogens is 1. The number of rotatable bonds is 2. The third-order valence-electron chi connectivity index (χ3n) is 2.94. The van der Waals surface area contributed by atoms with E-state index in [1.54, 1.807) is 0 Å². The Hall–Kier alpha value is -1.18. The molecule has 7 heteroatoms. The average molecular weight is 285 g/mol. The minimum Gasteiger partial charge on any atom is -0.384 e. The van der Waals surface area contributed by atoms with Gasteiger partial charge in [-0.2, -0.15) is 4.31 Å². The second kappa shape index (κ2) is 4.73. The van der Waals surface area contributed by atoms with Gasteiger partial charge in [-0.05, 0) is 32.9 Å². The average Bonchev–Trinajstić information content (AvgIpc) is 2.26. The van der Waals surface area contributed by atoms with Crippen LogP contribution in [0.25, 0.3) is 0 Å². The first-order valence-corrected chi connectivity index (χ1v) is 7.54. The van der Waals surface area contributed by atoms with E-state index >= 15 is 0 Å². The molecule has 2 rings (SSSR count). The smallest absolute Gasteiger partial charge is 0.244 e. The van der Waals surface area contributed by atoms with Crippen molar-refractivity contribution in [1.82, 2.24) is 9.29 Å². The molecule has 106 valence electrons. The first-order chi connectivity index (χ1) is 8.71. The molecule has 0 saturated carbocycles. The van der Waals surface area contributed by atoms with Crippen molar-refractivity contribution in [3.05, 3.63) is 18.3 Å². The van der Waals surface area contributed by atoms with Crippen molar-refractivity contribution in [1.29, 1.82) is 0 Å². The standard InChI is InChI=1S/C12H19N3O3S/c1-9-7-15(8-12(2,3)18-9)19(16,17)10-4-5-11(13)14-6-10/h4-6,9H,7-8H2,1-3H3,(H2,13,14). The molecule has 1 fully saturated rings. The highest BCUT2D eigenvalue weighted by molar-refractivity contribution is 7.89. The van der Waals surface area contributed by atoms with Crippen LogP contribution in [0, 0.1) is 0 Å². The maximum Gasteiger partial charge on any atom is 0.244 e. The van der Waals surface area contributed by atoms with Crippen molar-refractivity contribution in [3.8, 4) is 0 Å². The molecule has 2 heterocycles. The maximum absolute atomic E-state index is 12.5. The van der Waals surface area contributed by atoms with E-state index in [2.05, 4.69) is 4.98 Å². The largest absolute Gasteiger partial charge is 0.384 e. The van der Waals surface area contributed by atoms with Crippen LogP contribution >= 0.6 is 0 Å². The normalized spacial score (nSPS) is 24.3. The van der Waals surface area contributed by atoms with E-state index in [0.717, 1.165) is 0 Å². The topological polar surface area (TPSA) is 85.5 Å². The predicted octanol–water partition coefficient (Wildman–Crippen LogP) is 0.852. The minimum absolute atomic E-state index is 0.139. The molecule has 1 aromatic heterocycles. The molecule has 1 aliphatic heterocycles. The van der Waals surface area contributed by atoms with Crippen LogP contribution in [0.1, 0.15) is 20.8 Å². The zero-order valence-corrected chi connectivity index (χ0v) is 12.1. The van der Waals surface area contributed by atoms with Crippen LogP contribution < -0.4 is 5.73 Å². The van der Waals surface area contributed by atoms with Gasteiger partial charge in [-0.15, -0.1) is 0 Å². The minimum atomic E-state index is -3.55. The van der Waals surface area contributed by atoms with Crippen LogP contribution in [0.2, 0.25) is 0 Å². The van der Waals surface area contributed by atoms with Gasteiger partial charge < -0.3 is 10.5 Å². The second-order valence-corrected chi connectivity index (χ2v) is 7.34. The number of hydrogen-bond acceptors (Lipinski definition) is 5. The van der Waals surface area contributed by atoms with E-state index in [0.29, 0.717) is 18.9 Å². The van der Waals surface area contributed by atoms with E-state index < -0.39 is 15.6 Å². The lowest BCUT2D eigenvalue weighted by Crippen LogP contribution is -2.53. The lowest BCUT2D eigenvalue weighted by molar-refractivity contribution is -0.109. The fraction of sp³-hybridized carbons (Fsp3) is 0.583. The maximum atomic E-state index is 12.5. The molecular weight excluding hydrogens is 266 g/mol. The Labute approximate surface area is 113 Å². The summed E-state index contributed by atoms with van der Waals surface area (Å²) in [6, 6.07) is 2.96. The molecule has 1 aromatic rings. The Morgan fingerprint density at radius 1 is 1.47 bits per heavy atom. The van der Waals surface area contributed by atoms with Gasteiger partial charge in [-0.1, -0.05) is 0 Å². The number of sulfonamides is 1. The summed E-state index contributed by atoms with van der Waals surface area (Å²) in [7, 11) is -3.55. The summed E-state index contributed by atoms with van der Waals surface area (Å²) in [5, 5.41) is 0. The number of nitrogens with zero attached hydrogens (tertiary/aromatic N) is 2. The molecule has 1 unspecified atom stereocenters. The Morgan fingerprint density at radius 2 is 2.16 bits per heavy atom. The molecular formula is C12H19N3O3S. The third-order valence-corrected chi connectivity index (χ3v) is 4.73. The summed E-state index contributed by atoms with van der Waals surface area (Å²) >= 11 is 0. The Morgan fingerprint density at radius 3 is 2.68 bits per heavy atom. The number of nitrogen functional groups attached to an aromatic ring is 1. The van der Waals surface area contributed by atoms with Crippen molar-refractivity contribution in [2.24, 2.45) is 0 Å². The number of morpholine rings is 1. The van der Waals surface area contributed by atoms with E-state index in [-0.39, 0.29) is 11.0 Å². The summed E-state index contributed by atoms with van der Waals surface area (Å²) in [5.41, 5.74) is 4.98. The fourth-order valence-electron chi connectivity index (χ4n) is 2.27. The van der Waals surface area contributed by atoms with E-state index in [1.165, 1.54) is 22.6 Å². The van der Waals surface area contributed by atoms with Crippen LogP contribution in [0.4, 0.5) is 5.82 Å². The Bertz CT molecular complexity index is 554. The quantitative estimate of drug-likeness (QED) is 0.870. The van der Waals surface area contributed by atoms with Crippen LogP contribution in [-0.2, 0) is 14.8 Å². The number of anilines is 1. The fourth-order valence-corrected chi connectivity index (χ4v) is 3.88. The number of pyridine rings is 1. The van der Waals surface area contributed by atoms with Crippen molar-refractivity contribution >= 4 is 15.8 Å². The van der Waals surface area contributed by atoms with E-state index in [1.807, 2.05) is 20.8 Å². The zero-order chi connectivity index (χ0) is 14.3. The van der Waals surface area contributed by atoms with Gasteiger partial charge in [0, 0.05) is 19.3 Å². The van der Waals surface area contributed by atoms with Crippen LogP contribution in [0.3, 0.4) is 0 Å². The SMILES string of the molecule is CC1CN(S(=O)(=O)c2ccc(N)nc2)CC(C)(C)O1. The van der Waals surface area contributed by atoms with Gasteiger partial charge in [-0.25, -0.2) is 13.4 Å². The molecule has 0 radical (unpaired) electrons. The number of hydrogen-bond donors (Lipinski definition) is 1. The monoisotopic (exact) mass is 285 g/mol. The molecule has 6 nitrogen and oxygen atoms in total. The third kappa shape index (κ3) is 3.05. The van der Waals surface area contributed by atoms with Gasteiger partial charge in [0.05, 0.1) is 11.7 Å². The Balaban J connectivity index is 2.31. The highest BCUT2D eigenvalue weighted by Crippen LogP contribution is 2.26. The highest BCUT2D eigenvalue weighted by atomic mass is 32.2. The van der Waals surface area contributed by atoms with Gasteiger partial charge in [-0.3, -0.25) is 0 Å². The molecule has 0 spiro atoms. The molecule has 1 saturated heterocycles. The highest BCUT2D eigenvalue weighted by Gasteiger charge is 2.37. The van der Waals surface area contributed by atoms with Gasteiger partial charge in [0.2, 0.25) is 10.0 Å². The zero-order valence-electron chi connectivity index (χ0n) is 11.3. The Kier molecular flexibility index (Phi) is 3.55. The van der Waals surface area contributed by atoms with Gasteiger partial charge in [0.1, 0.15) is 10.7 Å². The molecule has 1 atom stereocenters. The molecule has 0 aliphatic carbocycles.